The Morgan fingerprint density at radius 1 is 0.556 bits per heavy atom. The maximum absolute atomic E-state index is 2.46. The first-order valence-corrected chi connectivity index (χ1v) is 12.8. The molecule has 0 spiro atoms. The smallest absolute Gasteiger partial charge is 0.0548 e. The SMILES string of the molecule is Cn1c2ccccc2c2cc3c(cc21)c1cc(CC(C)(C)C)ccc1n3-c1ccc2ccccc2c1. The molecule has 0 aliphatic heterocycles. The molecule has 0 aliphatic rings. The third kappa shape index (κ3) is 3.18. The van der Waals surface area contributed by atoms with Crippen molar-refractivity contribution in [2.24, 2.45) is 12.5 Å². The highest BCUT2D eigenvalue weighted by Gasteiger charge is 2.18. The van der Waals surface area contributed by atoms with Gasteiger partial charge in [-0.2, -0.15) is 0 Å². The van der Waals surface area contributed by atoms with Gasteiger partial charge < -0.3 is 9.13 Å². The second-order valence-corrected chi connectivity index (χ2v) is 11.4. The first kappa shape index (κ1) is 21.3. The fraction of sp³-hybridized carbons (Fsp3) is 0.176. The maximum atomic E-state index is 2.46. The number of benzene rings is 5. The first-order valence-electron chi connectivity index (χ1n) is 12.8. The van der Waals surface area contributed by atoms with Gasteiger partial charge in [-0.05, 0) is 70.6 Å². The lowest BCUT2D eigenvalue weighted by Gasteiger charge is -2.18. The number of rotatable bonds is 2. The molecule has 2 heteroatoms. The van der Waals surface area contributed by atoms with E-state index in [2.05, 4.69) is 134 Å². The van der Waals surface area contributed by atoms with E-state index < -0.39 is 0 Å². The predicted octanol–water partition coefficient (Wildman–Crippen LogP) is 9.17. The van der Waals surface area contributed by atoms with Crippen LogP contribution in [-0.4, -0.2) is 9.13 Å². The molecule has 7 rings (SSSR count). The molecule has 0 radical (unpaired) electrons. The Hall–Kier alpha value is -4.04. The van der Waals surface area contributed by atoms with Gasteiger partial charge in [0.1, 0.15) is 0 Å². The Morgan fingerprint density at radius 3 is 2.08 bits per heavy atom. The van der Waals surface area contributed by atoms with Gasteiger partial charge in [-0.25, -0.2) is 0 Å². The molecule has 2 heterocycles. The highest BCUT2D eigenvalue weighted by Crippen LogP contribution is 2.39. The minimum absolute atomic E-state index is 0.244. The zero-order valence-corrected chi connectivity index (χ0v) is 21.3. The van der Waals surface area contributed by atoms with Crippen molar-refractivity contribution in [3.63, 3.8) is 0 Å². The molecular weight excluding hydrogens is 436 g/mol. The molecule has 176 valence electrons. The highest BCUT2D eigenvalue weighted by molar-refractivity contribution is 6.18. The molecule has 2 nitrogen and oxygen atoms in total. The van der Waals surface area contributed by atoms with Crippen LogP contribution >= 0.6 is 0 Å². The number of para-hydroxylation sites is 1. The van der Waals surface area contributed by atoms with E-state index in [1.54, 1.807) is 0 Å². The van der Waals surface area contributed by atoms with Crippen LogP contribution in [0.15, 0.2) is 97.1 Å². The zero-order chi connectivity index (χ0) is 24.6. The van der Waals surface area contributed by atoms with Crippen molar-refractivity contribution in [3.8, 4) is 5.69 Å². The molecular formula is C34H30N2. The second-order valence-electron chi connectivity index (χ2n) is 11.4. The van der Waals surface area contributed by atoms with Crippen molar-refractivity contribution in [1.82, 2.24) is 9.13 Å². The molecule has 0 N–H and O–H groups in total. The summed E-state index contributed by atoms with van der Waals surface area (Å²) < 4.78 is 4.79. The topological polar surface area (TPSA) is 9.86 Å². The first-order chi connectivity index (χ1) is 17.4. The van der Waals surface area contributed by atoms with Crippen molar-refractivity contribution < 1.29 is 0 Å². The van der Waals surface area contributed by atoms with E-state index in [0.29, 0.717) is 0 Å². The second kappa shape index (κ2) is 7.48. The minimum Gasteiger partial charge on any atom is -0.344 e. The average Bonchev–Trinajstić information content (AvgIpc) is 3.33. The third-order valence-electron chi connectivity index (χ3n) is 7.59. The quantitative estimate of drug-likeness (QED) is 0.240. The van der Waals surface area contributed by atoms with Gasteiger partial charge in [0.2, 0.25) is 0 Å². The van der Waals surface area contributed by atoms with Crippen LogP contribution in [-0.2, 0) is 13.5 Å². The van der Waals surface area contributed by atoms with E-state index >= 15 is 0 Å². The van der Waals surface area contributed by atoms with Crippen molar-refractivity contribution in [3.05, 3.63) is 103 Å². The van der Waals surface area contributed by atoms with Gasteiger partial charge in [0.25, 0.3) is 0 Å². The number of hydrogen-bond donors (Lipinski definition) is 0. The lowest BCUT2D eigenvalue weighted by molar-refractivity contribution is 0.411. The van der Waals surface area contributed by atoms with Crippen LogP contribution in [0.4, 0.5) is 0 Å². The summed E-state index contributed by atoms with van der Waals surface area (Å²) in [4.78, 5) is 0. The Kier molecular flexibility index (Phi) is 4.42. The minimum atomic E-state index is 0.244. The van der Waals surface area contributed by atoms with Gasteiger partial charge in [0, 0.05) is 45.3 Å². The van der Waals surface area contributed by atoms with E-state index in [-0.39, 0.29) is 5.41 Å². The lowest BCUT2D eigenvalue weighted by atomic mass is 9.88. The van der Waals surface area contributed by atoms with Crippen LogP contribution in [0.25, 0.3) is 60.1 Å². The van der Waals surface area contributed by atoms with E-state index in [4.69, 9.17) is 0 Å². The molecule has 0 unspecified atom stereocenters. The molecule has 0 bridgehead atoms. The molecule has 0 fully saturated rings. The van der Waals surface area contributed by atoms with E-state index in [1.165, 1.54) is 65.6 Å². The molecule has 0 amide bonds. The Morgan fingerprint density at radius 2 is 1.25 bits per heavy atom. The summed E-state index contributed by atoms with van der Waals surface area (Å²) in [5, 5.41) is 7.78. The van der Waals surface area contributed by atoms with Crippen LogP contribution in [0.1, 0.15) is 26.3 Å². The van der Waals surface area contributed by atoms with Crippen molar-refractivity contribution >= 4 is 54.4 Å². The van der Waals surface area contributed by atoms with Crippen molar-refractivity contribution in [2.75, 3.05) is 0 Å². The summed E-state index contributed by atoms with van der Waals surface area (Å²) >= 11 is 0. The van der Waals surface area contributed by atoms with Crippen LogP contribution in [0, 0.1) is 5.41 Å². The van der Waals surface area contributed by atoms with E-state index in [9.17, 15) is 0 Å². The lowest BCUT2D eigenvalue weighted by Crippen LogP contribution is -2.08. The summed E-state index contributed by atoms with van der Waals surface area (Å²) in [6, 6.07) is 36.1. The molecule has 0 atom stereocenters. The molecule has 36 heavy (non-hydrogen) atoms. The highest BCUT2D eigenvalue weighted by atomic mass is 15.0. The predicted molar refractivity (Wildman–Crippen MR) is 155 cm³/mol. The summed E-state index contributed by atoms with van der Waals surface area (Å²) in [5.41, 5.74) is 7.92. The fourth-order valence-corrected chi connectivity index (χ4v) is 6.03. The zero-order valence-electron chi connectivity index (χ0n) is 21.3. The van der Waals surface area contributed by atoms with Crippen molar-refractivity contribution in [2.45, 2.75) is 27.2 Å². The number of fused-ring (bicyclic) bond motifs is 7. The Bertz CT molecular complexity index is 1960. The number of hydrogen-bond acceptors (Lipinski definition) is 0. The summed E-state index contributed by atoms with van der Waals surface area (Å²) in [6.45, 7) is 6.94. The number of aryl methyl sites for hydroxylation is 1. The van der Waals surface area contributed by atoms with Gasteiger partial charge in [0.15, 0.2) is 0 Å². The summed E-state index contributed by atoms with van der Waals surface area (Å²) in [5.74, 6) is 0. The normalized spacial score (nSPS) is 12.6. The number of nitrogens with zero attached hydrogens (tertiary/aromatic N) is 2. The van der Waals surface area contributed by atoms with Crippen LogP contribution < -0.4 is 0 Å². The average molecular weight is 467 g/mol. The molecule has 2 aromatic heterocycles. The maximum Gasteiger partial charge on any atom is 0.0548 e. The fourth-order valence-electron chi connectivity index (χ4n) is 6.03. The summed E-state index contributed by atoms with van der Waals surface area (Å²) in [6.07, 6.45) is 1.06. The standard InChI is InChI=1S/C34H30N2/c1-34(2,3)21-22-13-16-31-27(17-22)29-19-32-28(26-11-7-8-12-30(26)35(32)4)20-33(29)36(31)25-15-14-23-9-5-6-10-24(23)18-25/h5-20H,21H2,1-4H3. The largest absolute Gasteiger partial charge is 0.344 e. The van der Waals surface area contributed by atoms with Gasteiger partial charge in [0.05, 0.1) is 11.0 Å². The van der Waals surface area contributed by atoms with Gasteiger partial charge >= 0.3 is 0 Å². The van der Waals surface area contributed by atoms with E-state index in [0.717, 1.165) is 6.42 Å². The van der Waals surface area contributed by atoms with Crippen LogP contribution in [0.2, 0.25) is 0 Å². The van der Waals surface area contributed by atoms with Crippen LogP contribution in [0.5, 0.6) is 0 Å². The van der Waals surface area contributed by atoms with Crippen LogP contribution in [0.3, 0.4) is 0 Å². The van der Waals surface area contributed by atoms with Crippen molar-refractivity contribution in [1.29, 1.82) is 0 Å². The molecule has 0 saturated carbocycles. The summed E-state index contributed by atoms with van der Waals surface area (Å²) in [7, 11) is 2.18. The Balaban J connectivity index is 1.61. The molecule has 7 aromatic rings. The number of aromatic nitrogens is 2. The van der Waals surface area contributed by atoms with Gasteiger partial charge in [-0.1, -0.05) is 75.4 Å². The van der Waals surface area contributed by atoms with E-state index in [1.807, 2.05) is 0 Å². The third-order valence-corrected chi connectivity index (χ3v) is 7.59. The van der Waals surface area contributed by atoms with Gasteiger partial charge in [-0.15, -0.1) is 0 Å². The molecule has 0 aliphatic carbocycles. The Labute approximate surface area is 211 Å². The molecule has 0 saturated heterocycles. The monoisotopic (exact) mass is 466 g/mol. The molecule has 5 aromatic carbocycles. The van der Waals surface area contributed by atoms with Gasteiger partial charge in [-0.3, -0.25) is 0 Å².